The molecule has 1 aliphatic carbocycles. The number of oxazole rings is 1. The maximum absolute atomic E-state index is 13.7. The Morgan fingerprint density at radius 3 is 2.33 bits per heavy atom. The number of amides is 3. The Kier molecular flexibility index (Phi) is 14.3. The number of morpholine rings is 1. The molecule has 5 rings (SSSR count). The highest BCUT2D eigenvalue weighted by molar-refractivity contribution is 5.98. The molecule has 2 aliphatic heterocycles. The normalized spacial score (nSPS) is 18.6. The Balaban J connectivity index is 0.000000818. The highest BCUT2D eigenvalue weighted by Gasteiger charge is 2.43. The third-order valence-corrected chi connectivity index (χ3v) is 7.55. The van der Waals surface area contributed by atoms with Gasteiger partial charge in [-0.25, -0.2) is 14.6 Å². The Hall–Kier alpha value is -4.51. The lowest BCUT2D eigenvalue weighted by Crippen LogP contribution is -2.58. The van der Waals surface area contributed by atoms with Crippen molar-refractivity contribution in [3.05, 3.63) is 29.7 Å². The van der Waals surface area contributed by atoms with Crippen molar-refractivity contribution in [2.24, 2.45) is 17.4 Å². The smallest absolute Gasteiger partial charge is 0.404 e. The number of hydrogen-bond acceptors (Lipinski definition) is 12. The van der Waals surface area contributed by atoms with Crippen molar-refractivity contribution in [3.8, 4) is 23.0 Å². The van der Waals surface area contributed by atoms with Crippen molar-refractivity contribution in [1.82, 2.24) is 14.8 Å². The number of aromatic nitrogens is 1. The molecule has 3 amide bonds. The summed E-state index contributed by atoms with van der Waals surface area (Å²) in [6, 6.07) is 2.55. The third-order valence-electron chi connectivity index (χ3n) is 7.55. The monoisotopic (exact) mass is 683 g/mol. The number of hydrogen-bond donors (Lipinski definition) is 2. The van der Waals surface area contributed by atoms with Crippen LogP contribution in [0.1, 0.15) is 55.8 Å². The predicted molar refractivity (Wildman–Crippen MR) is 165 cm³/mol. The molecule has 4 N–H and O–H groups in total. The Morgan fingerprint density at radius 1 is 1.02 bits per heavy atom. The average Bonchev–Trinajstić information content (AvgIpc) is 3.62. The molecule has 2 unspecified atom stereocenters. The molecule has 1 aromatic heterocycles. The van der Waals surface area contributed by atoms with E-state index in [1.165, 1.54) is 42.2 Å². The molecule has 0 radical (unpaired) electrons. The van der Waals surface area contributed by atoms with Gasteiger partial charge in [0.15, 0.2) is 29.0 Å². The summed E-state index contributed by atoms with van der Waals surface area (Å²) >= 11 is 0. The minimum atomic E-state index is -3.03. The zero-order valence-electron chi connectivity index (χ0n) is 27.4. The van der Waals surface area contributed by atoms with E-state index in [9.17, 15) is 28.0 Å². The van der Waals surface area contributed by atoms with Crippen LogP contribution in [0.5, 0.6) is 11.5 Å². The zero-order chi connectivity index (χ0) is 35.4. The van der Waals surface area contributed by atoms with Gasteiger partial charge in [0.25, 0.3) is 5.91 Å². The summed E-state index contributed by atoms with van der Waals surface area (Å²) in [6.45, 7) is 1.94. The summed E-state index contributed by atoms with van der Waals surface area (Å²) in [7, 11) is 2.46. The maximum Gasteiger partial charge on any atom is 0.404 e. The molecule has 1 saturated carbocycles. The lowest BCUT2D eigenvalue weighted by Gasteiger charge is -2.36. The van der Waals surface area contributed by atoms with E-state index in [0.717, 1.165) is 12.8 Å². The van der Waals surface area contributed by atoms with Gasteiger partial charge in [-0.2, -0.15) is 8.78 Å². The molecular formula is C31H43F2N5O10. The van der Waals surface area contributed by atoms with E-state index >= 15 is 0 Å². The number of primary amides is 1. The number of likely N-dealkylation sites (tertiary alicyclic amines) is 1. The van der Waals surface area contributed by atoms with Crippen LogP contribution in [-0.2, 0) is 30.3 Å². The third kappa shape index (κ3) is 9.76. The summed E-state index contributed by atoms with van der Waals surface area (Å²) in [4.78, 5) is 56.1. The second-order valence-electron chi connectivity index (χ2n) is 10.6. The standard InChI is InChI=1S/C27H32F2N4O8.C2H5NO2.C2H6/c1-37-26(36)18-14-38-10-9-33(18)24(34)17-3-2-8-32(17)25(35)22-21(12-30)40-23(31-22)16-6-7-19(41-27(28)29)20(11-16)39-13-15-4-5-15;1-5-2(3)4;1-2/h6-7,11,15,17-18,27H,2-5,8-10,12-14,30H2,1H3;1H3,(H2,3,4);1-2H3. The molecule has 3 fully saturated rings. The van der Waals surface area contributed by atoms with E-state index in [1.54, 1.807) is 0 Å². The number of carbonyl (C=O) groups excluding carboxylic acids is 4. The average molecular weight is 684 g/mol. The molecule has 2 saturated heterocycles. The molecule has 0 bridgehead atoms. The number of alkyl halides is 2. The van der Waals surface area contributed by atoms with Crippen LogP contribution in [0.4, 0.5) is 13.6 Å². The number of nitrogens with zero attached hydrogens (tertiary/aromatic N) is 3. The van der Waals surface area contributed by atoms with Crippen molar-refractivity contribution >= 4 is 23.9 Å². The van der Waals surface area contributed by atoms with Crippen LogP contribution in [0.15, 0.2) is 22.6 Å². The number of ether oxygens (including phenoxy) is 5. The van der Waals surface area contributed by atoms with E-state index in [0.29, 0.717) is 37.5 Å². The summed E-state index contributed by atoms with van der Waals surface area (Å²) in [5.74, 6) is -1.02. The van der Waals surface area contributed by atoms with Crippen molar-refractivity contribution < 1.29 is 56.1 Å². The van der Waals surface area contributed by atoms with Crippen molar-refractivity contribution in [2.45, 2.75) is 64.8 Å². The molecule has 15 nitrogen and oxygen atoms in total. The summed E-state index contributed by atoms with van der Waals surface area (Å²) in [5.41, 5.74) is 10.6. The number of benzene rings is 1. The fraction of sp³-hybridized carbons (Fsp3) is 0.581. The second-order valence-corrected chi connectivity index (χ2v) is 10.6. The highest BCUT2D eigenvalue weighted by Crippen LogP contribution is 2.37. The molecule has 2 aromatic rings. The fourth-order valence-corrected chi connectivity index (χ4v) is 5.01. The lowest BCUT2D eigenvalue weighted by molar-refractivity contribution is -0.162. The zero-order valence-corrected chi connectivity index (χ0v) is 27.4. The minimum absolute atomic E-state index is 0.0105. The van der Waals surface area contributed by atoms with Crippen molar-refractivity contribution in [3.63, 3.8) is 0 Å². The predicted octanol–water partition coefficient (Wildman–Crippen LogP) is 2.93. The molecule has 17 heteroatoms. The largest absolute Gasteiger partial charge is 0.489 e. The van der Waals surface area contributed by atoms with Crippen LogP contribution < -0.4 is 20.9 Å². The van der Waals surface area contributed by atoms with Gasteiger partial charge in [-0.05, 0) is 49.8 Å². The molecular weight excluding hydrogens is 640 g/mol. The summed E-state index contributed by atoms with van der Waals surface area (Å²) in [6.07, 6.45) is 2.25. The van der Waals surface area contributed by atoms with Gasteiger partial charge in [-0.3, -0.25) is 9.59 Å². The topological polar surface area (TPSA) is 199 Å². The molecule has 266 valence electrons. The Labute approximate surface area is 276 Å². The van der Waals surface area contributed by atoms with Gasteiger partial charge in [-0.1, -0.05) is 13.8 Å². The van der Waals surface area contributed by atoms with Gasteiger partial charge < -0.3 is 49.4 Å². The summed E-state index contributed by atoms with van der Waals surface area (Å²) in [5, 5.41) is 0. The van der Waals surface area contributed by atoms with E-state index in [2.05, 4.69) is 20.2 Å². The number of rotatable bonds is 10. The van der Waals surface area contributed by atoms with Gasteiger partial charge >= 0.3 is 18.7 Å². The number of halogens is 2. The van der Waals surface area contributed by atoms with Crippen LogP contribution in [0.3, 0.4) is 0 Å². The first-order valence-electron chi connectivity index (χ1n) is 15.6. The molecule has 0 spiro atoms. The Bertz CT molecular complexity index is 1400. The molecule has 2 atom stereocenters. The first-order chi connectivity index (χ1) is 23.1. The fourth-order valence-electron chi connectivity index (χ4n) is 5.01. The first-order valence-corrected chi connectivity index (χ1v) is 15.6. The maximum atomic E-state index is 13.7. The SMILES string of the molecule is CC.COC(=O)C1COCCN1C(=O)C1CCCN1C(=O)c1nc(-c2ccc(OC(F)F)c(OCC3CC3)c2)oc1CN.COC(N)=O. The van der Waals surface area contributed by atoms with E-state index in [1.807, 2.05) is 13.8 Å². The van der Waals surface area contributed by atoms with E-state index in [-0.39, 0.29) is 61.1 Å². The molecule has 1 aromatic carbocycles. The number of nitrogens with two attached hydrogens (primary N) is 2. The van der Waals surface area contributed by atoms with Crippen LogP contribution in [0, 0.1) is 5.92 Å². The highest BCUT2D eigenvalue weighted by atomic mass is 19.3. The number of carbonyl (C=O) groups is 4. The summed E-state index contributed by atoms with van der Waals surface area (Å²) < 4.78 is 56.1. The second kappa shape index (κ2) is 18.1. The van der Waals surface area contributed by atoms with Crippen LogP contribution in [-0.4, -0.2) is 104 Å². The quantitative estimate of drug-likeness (QED) is 0.348. The van der Waals surface area contributed by atoms with Gasteiger partial charge in [-0.15, -0.1) is 0 Å². The molecule has 3 aliphatic rings. The van der Waals surface area contributed by atoms with E-state index < -0.39 is 36.7 Å². The molecule has 3 heterocycles. The van der Waals surface area contributed by atoms with Crippen LogP contribution >= 0.6 is 0 Å². The number of esters is 1. The van der Waals surface area contributed by atoms with Crippen molar-refractivity contribution in [1.29, 1.82) is 0 Å². The lowest BCUT2D eigenvalue weighted by atomic mass is 10.1. The van der Waals surface area contributed by atoms with E-state index in [4.69, 9.17) is 24.4 Å². The van der Waals surface area contributed by atoms with Gasteiger partial charge in [0, 0.05) is 18.7 Å². The number of methoxy groups -OCH3 is 2. The van der Waals surface area contributed by atoms with Gasteiger partial charge in [0.1, 0.15) is 6.04 Å². The first kappa shape index (κ1) is 37.9. The van der Waals surface area contributed by atoms with Crippen LogP contribution in [0.25, 0.3) is 11.5 Å². The Morgan fingerprint density at radius 2 is 1.73 bits per heavy atom. The minimum Gasteiger partial charge on any atom is -0.489 e. The van der Waals surface area contributed by atoms with Crippen molar-refractivity contribution in [2.75, 3.05) is 47.1 Å². The van der Waals surface area contributed by atoms with Gasteiger partial charge in [0.05, 0.1) is 40.6 Å². The van der Waals surface area contributed by atoms with Gasteiger partial charge in [0.2, 0.25) is 11.8 Å². The van der Waals surface area contributed by atoms with Crippen LogP contribution in [0.2, 0.25) is 0 Å². The molecule has 48 heavy (non-hydrogen) atoms.